The number of benzene rings is 1. The number of aromatic nitrogens is 1. The number of rotatable bonds is 4. The van der Waals surface area contributed by atoms with Gasteiger partial charge in [-0.15, -0.1) is 0 Å². The summed E-state index contributed by atoms with van der Waals surface area (Å²) in [6, 6.07) is 9.06. The Hall–Kier alpha value is -2.36. The Morgan fingerprint density at radius 2 is 2.17 bits per heavy atom. The predicted molar refractivity (Wildman–Crippen MR) is 72.0 cm³/mol. The van der Waals surface area contributed by atoms with E-state index in [0.29, 0.717) is 12.4 Å². The van der Waals surface area contributed by atoms with Crippen LogP contribution in [-0.4, -0.2) is 22.6 Å². The Bertz CT molecular complexity index is 620. The van der Waals surface area contributed by atoms with Gasteiger partial charge in [-0.05, 0) is 19.1 Å². The lowest BCUT2D eigenvalue weighted by Gasteiger charge is -2.09. The molecule has 0 unspecified atom stereocenters. The fraction of sp³-hybridized carbons (Fsp3) is 0.143. The summed E-state index contributed by atoms with van der Waals surface area (Å²) in [4.78, 5) is 15.5. The monoisotopic (exact) mass is 242 g/mol. The number of hydrogen-bond donors (Lipinski definition) is 2. The molecule has 0 aliphatic heterocycles. The molecule has 0 aliphatic carbocycles. The van der Waals surface area contributed by atoms with E-state index in [4.69, 9.17) is 0 Å². The minimum atomic E-state index is -0.988. The highest BCUT2D eigenvalue weighted by Gasteiger charge is 2.12. The molecule has 0 radical (unpaired) electrons. The van der Waals surface area contributed by atoms with Crippen LogP contribution in [0.15, 0.2) is 42.5 Å². The largest absolute Gasteiger partial charge is 0.478 e. The number of carboxylic acids is 1. The molecule has 1 aromatic carbocycles. The standard InChI is InChI=1S/C14H14N2O2/c1-9(2)8-15-13-11(14(17)18)7-10-5-3-4-6-12(10)16-13/h3-7H,1,8H2,2H3,(H,15,16)(H,17,18). The number of para-hydroxylation sites is 1. The lowest BCUT2D eigenvalue weighted by Crippen LogP contribution is -2.10. The SMILES string of the molecule is C=C(C)CNc1nc2ccccc2cc1C(=O)O. The molecular weight excluding hydrogens is 228 g/mol. The summed E-state index contributed by atoms with van der Waals surface area (Å²) < 4.78 is 0. The van der Waals surface area contributed by atoms with Gasteiger partial charge in [0.25, 0.3) is 0 Å². The Labute approximate surface area is 105 Å². The van der Waals surface area contributed by atoms with Crippen molar-refractivity contribution < 1.29 is 9.90 Å². The number of nitrogens with zero attached hydrogens (tertiary/aromatic N) is 1. The van der Waals surface area contributed by atoms with Crippen molar-refractivity contribution in [2.45, 2.75) is 6.92 Å². The third-order valence-corrected chi connectivity index (χ3v) is 2.51. The molecule has 4 nitrogen and oxygen atoms in total. The third kappa shape index (κ3) is 2.48. The molecule has 1 heterocycles. The maximum atomic E-state index is 11.2. The first kappa shape index (κ1) is 12.1. The van der Waals surface area contributed by atoms with Crippen molar-refractivity contribution in [3.8, 4) is 0 Å². The van der Waals surface area contributed by atoms with Crippen LogP contribution in [0.25, 0.3) is 10.9 Å². The number of fused-ring (bicyclic) bond motifs is 1. The van der Waals surface area contributed by atoms with E-state index in [2.05, 4.69) is 16.9 Å². The highest BCUT2D eigenvalue weighted by molar-refractivity contribution is 5.98. The number of aromatic carboxylic acids is 1. The summed E-state index contributed by atoms with van der Waals surface area (Å²) in [7, 11) is 0. The van der Waals surface area contributed by atoms with Crippen LogP contribution >= 0.6 is 0 Å². The van der Waals surface area contributed by atoms with E-state index >= 15 is 0 Å². The quantitative estimate of drug-likeness (QED) is 0.809. The van der Waals surface area contributed by atoms with Gasteiger partial charge in [0, 0.05) is 11.9 Å². The lowest BCUT2D eigenvalue weighted by atomic mass is 10.1. The number of anilines is 1. The Morgan fingerprint density at radius 3 is 2.83 bits per heavy atom. The van der Waals surface area contributed by atoms with E-state index < -0.39 is 5.97 Å². The molecule has 0 bridgehead atoms. The highest BCUT2D eigenvalue weighted by atomic mass is 16.4. The Kier molecular flexibility index (Phi) is 3.28. The van der Waals surface area contributed by atoms with Crippen molar-refractivity contribution in [3.05, 3.63) is 48.0 Å². The van der Waals surface area contributed by atoms with E-state index in [-0.39, 0.29) is 5.56 Å². The molecule has 0 spiro atoms. The summed E-state index contributed by atoms with van der Waals surface area (Å²) in [5, 5.41) is 13.0. The summed E-state index contributed by atoms with van der Waals surface area (Å²) >= 11 is 0. The number of hydrogen-bond acceptors (Lipinski definition) is 3. The zero-order chi connectivity index (χ0) is 13.1. The first-order chi connectivity index (χ1) is 8.58. The maximum Gasteiger partial charge on any atom is 0.339 e. The average Bonchev–Trinajstić information content (AvgIpc) is 2.35. The van der Waals surface area contributed by atoms with Gasteiger partial charge in [0.05, 0.1) is 5.52 Å². The summed E-state index contributed by atoms with van der Waals surface area (Å²) in [6.07, 6.45) is 0. The minimum absolute atomic E-state index is 0.176. The molecule has 0 saturated heterocycles. The van der Waals surface area contributed by atoms with E-state index in [1.54, 1.807) is 6.07 Å². The van der Waals surface area contributed by atoms with Gasteiger partial charge in [-0.3, -0.25) is 0 Å². The Morgan fingerprint density at radius 1 is 1.44 bits per heavy atom. The molecule has 0 atom stereocenters. The van der Waals surface area contributed by atoms with Gasteiger partial charge in [-0.2, -0.15) is 0 Å². The number of carbonyl (C=O) groups is 1. The Balaban J connectivity index is 2.50. The predicted octanol–water partition coefficient (Wildman–Crippen LogP) is 2.92. The molecule has 18 heavy (non-hydrogen) atoms. The minimum Gasteiger partial charge on any atom is -0.478 e. The molecule has 0 aliphatic rings. The van der Waals surface area contributed by atoms with Gasteiger partial charge in [-0.25, -0.2) is 9.78 Å². The van der Waals surface area contributed by atoms with Crippen LogP contribution in [-0.2, 0) is 0 Å². The van der Waals surface area contributed by atoms with Crippen LogP contribution < -0.4 is 5.32 Å². The van der Waals surface area contributed by atoms with Crippen LogP contribution in [0.5, 0.6) is 0 Å². The van der Waals surface area contributed by atoms with Crippen molar-refractivity contribution in [2.75, 3.05) is 11.9 Å². The molecule has 2 aromatic rings. The molecule has 0 fully saturated rings. The van der Waals surface area contributed by atoms with Gasteiger partial charge in [-0.1, -0.05) is 30.4 Å². The normalized spacial score (nSPS) is 10.3. The van der Waals surface area contributed by atoms with Crippen LogP contribution in [0.4, 0.5) is 5.82 Å². The third-order valence-electron chi connectivity index (χ3n) is 2.51. The molecule has 0 saturated carbocycles. The first-order valence-electron chi connectivity index (χ1n) is 5.59. The van der Waals surface area contributed by atoms with Crippen molar-refractivity contribution >= 4 is 22.7 Å². The van der Waals surface area contributed by atoms with Gasteiger partial charge in [0.2, 0.25) is 0 Å². The number of pyridine rings is 1. The second-order valence-electron chi connectivity index (χ2n) is 4.19. The van der Waals surface area contributed by atoms with E-state index in [1.165, 1.54) is 0 Å². The van der Waals surface area contributed by atoms with Crippen molar-refractivity contribution in [3.63, 3.8) is 0 Å². The molecule has 2 N–H and O–H groups in total. The second kappa shape index (κ2) is 4.87. The zero-order valence-corrected chi connectivity index (χ0v) is 10.1. The highest BCUT2D eigenvalue weighted by Crippen LogP contribution is 2.20. The van der Waals surface area contributed by atoms with Crippen molar-refractivity contribution in [2.24, 2.45) is 0 Å². The van der Waals surface area contributed by atoms with Crippen LogP contribution in [0.1, 0.15) is 17.3 Å². The molecule has 92 valence electrons. The molecule has 4 heteroatoms. The fourth-order valence-corrected chi connectivity index (χ4v) is 1.65. The molecule has 0 amide bonds. The lowest BCUT2D eigenvalue weighted by molar-refractivity contribution is 0.0698. The molecule has 1 aromatic heterocycles. The smallest absolute Gasteiger partial charge is 0.339 e. The molecular formula is C14H14N2O2. The van der Waals surface area contributed by atoms with Gasteiger partial charge < -0.3 is 10.4 Å². The molecule has 2 rings (SSSR count). The summed E-state index contributed by atoms with van der Waals surface area (Å²) in [6.45, 7) is 6.14. The first-order valence-corrected chi connectivity index (χ1v) is 5.59. The zero-order valence-electron chi connectivity index (χ0n) is 10.1. The van der Waals surface area contributed by atoms with Crippen LogP contribution in [0, 0.1) is 0 Å². The van der Waals surface area contributed by atoms with Crippen molar-refractivity contribution in [1.29, 1.82) is 0 Å². The number of nitrogens with one attached hydrogen (secondary N) is 1. The van der Waals surface area contributed by atoms with Crippen molar-refractivity contribution in [1.82, 2.24) is 4.98 Å². The van der Waals surface area contributed by atoms with Crippen LogP contribution in [0.3, 0.4) is 0 Å². The van der Waals surface area contributed by atoms with E-state index in [0.717, 1.165) is 16.5 Å². The number of carboxylic acid groups (broad SMARTS) is 1. The van der Waals surface area contributed by atoms with Gasteiger partial charge in [0.1, 0.15) is 11.4 Å². The van der Waals surface area contributed by atoms with Gasteiger partial charge >= 0.3 is 5.97 Å². The summed E-state index contributed by atoms with van der Waals surface area (Å²) in [5.74, 6) is -0.610. The van der Waals surface area contributed by atoms with Crippen LogP contribution in [0.2, 0.25) is 0 Å². The van der Waals surface area contributed by atoms with Gasteiger partial charge in [0.15, 0.2) is 0 Å². The average molecular weight is 242 g/mol. The van der Waals surface area contributed by atoms with E-state index in [9.17, 15) is 9.90 Å². The topological polar surface area (TPSA) is 62.2 Å². The second-order valence-corrected chi connectivity index (χ2v) is 4.19. The maximum absolute atomic E-state index is 11.2. The fourth-order valence-electron chi connectivity index (χ4n) is 1.65. The van der Waals surface area contributed by atoms with E-state index in [1.807, 2.05) is 31.2 Å². The summed E-state index contributed by atoms with van der Waals surface area (Å²) in [5.41, 5.74) is 1.86.